The fraction of sp³-hybridized carbons (Fsp3) is 0.312. The summed E-state index contributed by atoms with van der Waals surface area (Å²) in [6.07, 6.45) is 4.67. The van der Waals surface area contributed by atoms with Crippen molar-refractivity contribution in [2.24, 2.45) is 0 Å². The van der Waals surface area contributed by atoms with Crippen LogP contribution in [0.3, 0.4) is 0 Å². The molecule has 0 radical (unpaired) electrons. The Balaban J connectivity index is 2.33. The summed E-state index contributed by atoms with van der Waals surface area (Å²) in [6.45, 7) is 2.19. The molecule has 3 nitrogen and oxygen atoms in total. The van der Waals surface area contributed by atoms with E-state index in [-0.39, 0.29) is 5.97 Å². The summed E-state index contributed by atoms with van der Waals surface area (Å²) in [4.78, 5) is 11.0. The summed E-state index contributed by atoms with van der Waals surface area (Å²) >= 11 is 0. The minimum Gasteiger partial charge on any atom is -0.497 e. The van der Waals surface area contributed by atoms with Gasteiger partial charge in [-0.25, -0.2) is 4.79 Å². The van der Waals surface area contributed by atoms with Gasteiger partial charge in [0.05, 0.1) is 13.7 Å². The van der Waals surface area contributed by atoms with Gasteiger partial charge in [-0.1, -0.05) is 17.9 Å². The maximum atomic E-state index is 11.0. The van der Waals surface area contributed by atoms with E-state index in [9.17, 15) is 4.79 Å². The monoisotopic (exact) mass is 258 g/mol. The summed E-state index contributed by atoms with van der Waals surface area (Å²) in [5.41, 5.74) is 0.954. The highest BCUT2D eigenvalue weighted by atomic mass is 16.5. The third-order valence-electron chi connectivity index (χ3n) is 2.30. The molecule has 19 heavy (non-hydrogen) atoms. The molecule has 0 atom stereocenters. The maximum Gasteiger partial charge on any atom is 0.330 e. The zero-order chi connectivity index (χ0) is 13.9. The Morgan fingerprint density at radius 1 is 1.32 bits per heavy atom. The second-order valence-electron chi connectivity index (χ2n) is 3.72. The van der Waals surface area contributed by atoms with E-state index in [0.717, 1.165) is 17.7 Å². The van der Waals surface area contributed by atoms with Crippen LogP contribution in [0.1, 0.15) is 25.3 Å². The molecule has 0 N–H and O–H groups in total. The molecule has 0 unspecified atom stereocenters. The number of allylic oxidation sites excluding steroid dienone is 1. The molecule has 0 bridgehead atoms. The van der Waals surface area contributed by atoms with E-state index in [1.165, 1.54) is 6.08 Å². The number of rotatable bonds is 5. The summed E-state index contributed by atoms with van der Waals surface area (Å²) in [7, 11) is 1.64. The van der Waals surface area contributed by atoms with E-state index in [2.05, 4.69) is 11.8 Å². The summed E-state index contributed by atoms with van der Waals surface area (Å²) in [6, 6.07) is 7.59. The number of esters is 1. The van der Waals surface area contributed by atoms with Crippen molar-refractivity contribution in [2.45, 2.75) is 19.8 Å². The van der Waals surface area contributed by atoms with Crippen LogP contribution >= 0.6 is 0 Å². The molecule has 0 saturated heterocycles. The first-order valence-corrected chi connectivity index (χ1v) is 6.22. The van der Waals surface area contributed by atoms with Crippen LogP contribution in [0.4, 0.5) is 0 Å². The van der Waals surface area contributed by atoms with Crippen LogP contribution in [0.15, 0.2) is 36.4 Å². The first-order valence-electron chi connectivity index (χ1n) is 6.22. The van der Waals surface area contributed by atoms with E-state index >= 15 is 0 Å². The number of ether oxygens (including phenoxy) is 2. The number of methoxy groups -OCH3 is 1. The predicted molar refractivity (Wildman–Crippen MR) is 74.9 cm³/mol. The highest BCUT2D eigenvalue weighted by Gasteiger charge is 1.91. The molecule has 1 aromatic carbocycles. The first-order chi connectivity index (χ1) is 9.26. The van der Waals surface area contributed by atoms with Gasteiger partial charge in [0.15, 0.2) is 0 Å². The zero-order valence-electron chi connectivity index (χ0n) is 11.3. The Morgan fingerprint density at radius 2 is 2.05 bits per heavy atom. The van der Waals surface area contributed by atoms with E-state index in [1.54, 1.807) is 20.1 Å². The van der Waals surface area contributed by atoms with Gasteiger partial charge >= 0.3 is 5.97 Å². The van der Waals surface area contributed by atoms with Crippen molar-refractivity contribution in [3.05, 3.63) is 42.0 Å². The van der Waals surface area contributed by atoms with Gasteiger partial charge in [0.2, 0.25) is 0 Å². The minimum absolute atomic E-state index is 0.300. The Labute approximate surface area is 114 Å². The Bertz CT molecular complexity index is 475. The van der Waals surface area contributed by atoms with Crippen LogP contribution in [-0.4, -0.2) is 19.7 Å². The predicted octanol–water partition coefficient (Wildman–Crippen LogP) is 2.95. The maximum absolute atomic E-state index is 11.0. The zero-order valence-corrected chi connectivity index (χ0v) is 11.3. The molecule has 0 saturated carbocycles. The van der Waals surface area contributed by atoms with Crippen molar-refractivity contribution in [3.63, 3.8) is 0 Å². The largest absolute Gasteiger partial charge is 0.497 e. The van der Waals surface area contributed by atoms with Gasteiger partial charge in [-0.15, -0.1) is 0 Å². The molecule has 1 rings (SSSR count). The normalized spacial score (nSPS) is 9.79. The van der Waals surface area contributed by atoms with Crippen LogP contribution in [-0.2, 0) is 9.53 Å². The third kappa shape index (κ3) is 6.32. The smallest absolute Gasteiger partial charge is 0.330 e. The summed E-state index contributed by atoms with van der Waals surface area (Å²) in [5, 5.41) is 0. The molecule has 100 valence electrons. The lowest BCUT2D eigenvalue weighted by molar-refractivity contribution is -0.137. The Kier molecular flexibility index (Phi) is 6.89. The molecule has 0 fully saturated rings. The second-order valence-corrected chi connectivity index (χ2v) is 3.72. The van der Waals surface area contributed by atoms with E-state index in [1.807, 2.05) is 24.3 Å². The van der Waals surface area contributed by atoms with Gasteiger partial charge in [-0.05, 0) is 37.6 Å². The van der Waals surface area contributed by atoms with Gasteiger partial charge in [0.25, 0.3) is 0 Å². The Hall–Kier alpha value is -2.21. The number of carbonyl (C=O) groups is 1. The van der Waals surface area contributed by atoms with Crippen molar-refractivity contribution >= 4 is 5.97 Å². The van der Waals surface area contributed by atoms with Crippen molar-refractivity contribution in [2.75, 3.05) is 13.7 Å². The molecule has 1 aromatic rings. The van der Waals surface area contributed by atoms with Crippen LogP contribution in [0.2, 0.25) is 0 Å². The molecule has 0 amide bonds. The number of hydrogen-bond donors (Lipinski definition) is 0. The molecule has 0 heterocycles. The van der Waals surface area contributed by atoms with Gasteiger partial charge in [0, 0.05) is 18.1 Å². The van der Waals surface area contributed by atoms with Crippen molar-refractivity contribution < 1.29 is 14.3 Å². The highest BCUT2D eigenvalue weighted by molar-refractivity contribution is 5.81. The number of hydrogen-bond acceptors (Lipinski definition) is 3. The topological polar surface area (TPSA) is 35.5 Å². The van der Waals surface area contributed by atoms with Crippen LogP contribution in [0, 0.1) is 11.8 Å². The van der Waals surface area contributed by atoms with Crippen molar-refractivity contribution in [1.82, 2.24) is 0 Å². The molecule has 0 aromatic heterocycles. The minimum atomic E-state index is -0.300. The lowest BCUT2D eigenvalue weighted by Crippen LogP contribution is -1.98. The molecule has 0 aliphatic carbocycles. The molecule has 3 heteroatoms. The lowest BCUT2D eigenvalue weighted by atomic mass is 10.2. The van der Waals surface area contributed by atoms with Crippen molar-refractivity contribution in [1.29, 1.82) is 0 Å². The van der Waals surface area contributed by atoms with E-state index in [0.29, 0.717) is 13.0 Å². The lowest BCUT2D eigenvalue weighted by Gasteiger charge is -1.97. The molecule has 0 aliphatic rings. The standard InChI is InChI=1S/C16H18O3/c1-3-19-16(17)9-7-5-4-6-8-14-10-12-15(18-2)13-11-14/h7,9-13H,3-5H2,1-2H3/b9-7+. The van der Waals surface area contributed by atoms with Crippen LogP contribution in [0.25, 0.3) is 0 Å². The fourth-order valence-corrected chi connectivity index (χ4v) is 1.36. The average Bonchev–Trinajstić information content (AvgIpc) is 2.43. The first kappa shape index (κ1) is 14.8. The van der Waals surface area contributed by atoms with Gasteiger partial charge in [0.1, 0.15) is 5.75 Å². The quantitative estimate of drug-likeness (QED) is 0.352. The summed E-state index contributed by atoms with van der Waals surface area (Å²) < 4.78 is 9.83. The van der Waals surface area contributed by atoms with Gasteiger partial charge in [-0.2, -0.15) is 0 Å². The number of benzene rings is 1. The molecule has 0 aliphatic heterocycles. The molecule has 0 spiro atoms. The van der Waals surface area contributed by atoms with Crippen LogP contribution in [0.5, 0.6) is 5.75 Å². The van der Waals surface area contributed by atoms with E-state index in [4.69, 9.17) is 9.47 Å². The molecular formula is C16H18O3. The number of carbonyl (C=O) groups excluding carboxylic acids is 1. The SMILES string of the molecule is CCOC(=O)/C=C/CCC#Cc1ccc(OC)cc1. The second kappa shape index (κ2) is 8.82. The van der Waals surface area contributed by atoms with Crippen molar-refractivity contribution in [3.8, 4) is 17.6 Å². The Morgan fingerprint density at radius 3 is 2.68 bits per heavy atom. The van der Waals surface area contributed by atoms with Gasteiger partial charge in [-0.3, -0.25) is 0 Å². The van der Waals surface area contributed by atoms with Gasteiger partial charge < -0.3 is 9.47 Å². The summed E-state index contributed by atoms with van der Waals surface area (Å²) in [5.74, 6) is 6.63. The average molecular weight is 258 g/mol. The number of unbranched alkanes of at least 4 members (excludes halogenated alkanes) is 1. The molecular weight excluding hydrogens is 240 g/mol. The van der Waals surface area contributed by atoms with E-state index < -0.39 is 0 Å². The van der Waals surface area contributed by atoms with Crippen LogP contribution < -0.4 is 4.74 Å². The third-order valence-corrected chi connectivity index (χ3v) is 2.30. The fourth-order valence-electron chi connectivity index (χ4n) is 1.36. The highest BCUT2D eigenvalue weighted by Crippen LogP contribution is 2.10.